The number of nitrogens with zero attached hydrogens (tertiary/aromatic N) is 1. The van der Waals surface area contributed by atoms with Crippen molar-refractivity contribution in [3.63, 3.8) is 0 Å². The summed E-state index contributed by atoms with van der Waals surface area (Å²) in [4.78, 5) is 5.42. The molecular formula is C14H26N2O3S. The molecule has 1 aromatic rings. The molecule has 0 spiro atoms. The van der Waals surface area contributed by atoms with Crippen LogP contribution in [0.3, 0.4) is 0 Å². The molecule has 3 N–H and O–H groups in total. The van der Waals surface area contributed by atoms with Crippen molar-refractivity contribution in [1.29, 1.82) is 0 Å². The third-order valence-corrected chi connectivity index (χ3v) is 4.01. The Morgan fingerprint density at radius 3 is 2.75 bits per heavy atom. The normalized spacial score (nSPS) is 14.4. The van der Waals surface area contributed by atoms with Crippen molar-refractivity contribution in [3.05, 3.63) is 16.1 Å². The summed E-state index contributed by atoms with van der Waals surface area (Å²) >= 11 is 1.64. The van der Waals surface area contributed by atoms with Gasteiger partial charge in [0.15, 0.2) is 0 Å². The minimum absolute atomic E-state index is 0.314. The van der Waals surface area contributed by atoms with E-state index in [0.717, 1.165) is 25.0 Å². The molecule has 1 aromatic heterocycles. The molecule has 0 radical (unpaired) electrons. The van der Waals surface area contributed by atoms with Gasteiger partial charge in [0.2, 0.25) is 0 Å². The molecule has 0 aromatic carbocycles. The highest BCUT2D eigenvalue weighted by atomic mass is 32.1. The second-order valence-electron chi connectivity index (χ2n) is 4.94. The van der Waals surface area contributed by atoms with Gasteiger partial charge in [0.25, 0.3) is 0 Å². The number of rotatable bonds is 11. The van der Waals surface area contributed by atoms with E-state index in [0.29, 0.717) is 26.3 Å². The lowest BCUT2D eigenvalue weighted by Crippen LogP contribution is -2.35. The van der Waals surface area contributed by atoms with Crippen molar-refractivity contribution < 1.29 is 14.9 Å². The van der Waals surface area contributed by atoms with Crippen LogP contribution in [0.25, 0.3) is 0 Å². The van der Waals surface area contributed by atoms with Crippen molar-refractivity contribution in [2.75, 3.05) is 26.3 Å². The lowest BCUT2D eigenvalue weighted by Gasteiger charge is -2.14. The summed E-state index contributed by atoms with van der Waals surface area (Å²) in [6.45, 7) is 5.90. The fraction of sp³-hybridized carbons (Fsp3) is 0.786. The van der Waals surface area contributed by atoms with E-state index < -0.39 is 6.10 Å². The van der Waals surface area contributed by atoms with Crippen LogP contribution in [0, 0.1) is 6.92 Å². The first-order valence-electron chi connectivity index (χ1n) is 7.17. The Hall–Kier alpha value is -0.530. The number of hydrogen-bond donors (Lipinski definition) is 3. The Balaban J connectivity index is 2.00. The number of nitrogens with one attached hydrogen (secondary N) is 1. The van der Waals surface area contributed by atoms with Crippen LogP contribution in [0.4, 0.5) is 0 Å². The van der Waals surface area contributed by atoms with E-state index in [1.165, 1.54) is 4.88 Å². The zero-order valence-electron chi connectivity index (χ0n) is 12.3. The predicted octanol–water partition coefficient (Wildman–Crippen LogP) is 1.12. The summed E-state index contributed by atoms with van der Waals surface area (Å²) in [7, 11) is 0. The lowest BCUT2D eigenvalue weighted by molar-refractivity contribution is 0.0365. The fourth-order valence-electron chi connectivity index (χ4n) is 1.86. The molecule has 5 nitrogen and oxygen atoms in total. The van der Waals surface area contributed by atoms with Crippen molar-refractivity contribution in [1.82, 2.24) is 10.3 Å². The van der Waals surface area contributed by atoms with Gasteiger partial charge in [-0.1, -0.05) is 13.3 Å². The summed E-state index contributed by atoms with van der Waals surface area (Å²) in [5.74, 6) is 0. The molecule has 0 saturated heterocycles. The van der Waals surface area contributed by atoms with Crippen LogP contribution in [0.15, 0.2) is 5.51 Å². The molecule has 0 aliphatic rings. The van der Waals surface area contributed by atoms with Crippen LogP contribution in [0.2, 0.25) is 0 Å². The number of aliphatic hydroxyl groups is 2. The fourth-order valence-corrected chi connectivity index (χ4v) is 2.62. The molecule has 0 aliphatic heterocycles. The maximum absolute atomic E-state index is 9.72. The molecule has 0 bridgehead atoms. The third kappa shape index (κ3) is 7.31. The smallest absolute Gasteiger partial charge is 0.0897 e. The van der Waals surface area contributed by atoms with Crippen LogP contribution in [-0.2, 0) is 11.2 Å². The van der Waals surface area contributed by atoms with Crippen LogP contribution < -0.4 is 5.32 Å². The summed E-state index contributed by atoms with van der Waals surface area (Å²) in [5, 5.41) is 22.3. The molecule has 1 heterocycles. The van der Waals surface area contributed by atoms with Gasteiger partial charge in [0.1, 0.15) is 0 Å². The van der Waals surface area contributed by atoms with Gasteiger partial charge in [-0.3, -0.25) is 0 Å². The van der Waals surface area contributed by atoms with Gasteiger partial charge in [0, 0.05) is 24.4 Å². The minimum Gasteiger partial charge on any atom is -0.392 e. The van der Waals surface area contributed by atoms with Crippen molar-refractivity contribution in [2.45, 2.75) is 45.3 Å². The van der Waals surface area contributed by atoms with Gasteiger partial charge in [-0.05, 0) is 13.3 Å². The molecule has 0 saturated carbocycles. The molecule has 0 aliphatic carbocycles. The molecule has 2 unspecified atom stereocenters. The summed E-state index contributed by atoms with van der Waals surface area (Å²) in [6.07, 6.45) is 1.72. The molecule has 0 amide bonds. The van der Waals surface area contributed by atoms with Gasteiger partial charge in [-0.25, -0.2) is 4.98 Å². The largest absolute Gasteiger partial charge is 0.392 e. The highest BCUT2D eigenvalue weighted by Gasteiger charge is 2.07. The molecule has 1 rings (SSSR count). The van der Waals surface area contributed by atoms with E-state index in [-0.39, 0.29) is 6.10 Å². The summed E-state index contributed by atoms with van der Waals surface area (Å²) in [5.41, 5.74) is 2.90. The quantitative estimate of drug-likeness (QED) is 0.534. The van der Waals surface area contributed by atoms with Gasteiger partial charge >= 0.3 is 0 Å². The van der Waals surface area contributed by atoms with Gasteiger partial charge < -0.3 is 20.3 Å². The molecule has 0 fully saturated rings. The second-order valence-corrected chi connectivity index (χ2v) is 5.88. The number of aryl methyl sites for hydroxylation is 1. The lowest BCUT2D eigenvalue weighted by atomic mass is 10.2. The zero-order valence-corrected chi connectivity index (χ0v) is 13.2. The van der Waals surface area contributed by atoms with Gasteiger partial charge in [-0.15, -0.1) is 11.3 Å². The topological polar surface area (TPSA) is 74.6 Å². The average molecular weight is 302 g/mol. The van der Waals surface area contributed by atoms with E-state index in [9.17, 15) is 10.2 Å². The van der Waals surface area contributed by atoms with E-state index in [1.54, 1.807) is 11.3 Å². The number of aromatic nitrogens is 1. The maximum Gasteiger partial charge on any atom is 0.0897 e. The van der Waals surface area contributed by atoms with Crippen LogP contribution in [-0.4, -0.2) is 53.7 Å². The highest BCUT2D eigenvalue weighted by molar-refractivity contribution is 7.09. The van der Waals surface area contributed by atoms with Crippen molar-refractivity contribution >= 4 is 11.3 Å². The van der Waals surface area contributed by atoms with E-state index in [1.807, 2.05) is 19.4 Å². The number of hydrogen-bond acceptors (Lipinski definition) is 6. The molecule has 116 valence electrons. The number of thiazole rings is 1. The zero-order chi connectivity index (χ0) is 14.8. The monoisotopic (exact) mass is 302 g/mol. The third-order valence-electron chi connectivity index (χ3n) is 3.01. The van der Waals surface area contributed by atoms with Gasteiger partial charge in [-0.2, -0.15) is 0 Å². The first kappa shape index (κ1) is 17.5. The Kier molecular flexibility index (Phi) is 8.97. The van der Waals surface area contributed by atoms with E-state index in [4.69, 9.17) is 4.74 Å². The van der Waals surface area contributed by atoms with E-state index in [2.05, 4.69) is 10.3 Å². The average Bonchev–Trinajstić information content (AvgIpc) is 2.81. The van der Waals surface area contributed by atoms with Crippen LogP contribution >= 0.6 is 11.3 Å². The van der Waals surface area contributed by atoms with Crippen LogP contribution in [0.1, 0.15) is 30.3 Å². The minimum atomic E-state index is -0.536. The molecule has 6 heteroatoms. The number of aliphatic hydroxyl groups excluding tert-OH is 2. The summed E-state index contributed by atoms with van der Waals surface area (Å²) in [6, 6.07) is 0. The highest BCUT2D eigenvalue weighted by Crippen LogP contribution is 2.12. The standard InChI is InChI=1S/C14H26N2O3S/c1-3-4-12(17)7-15-8-13(18)9-19-6-5-14-11(2)16-10-20-14/h10,12-13,15,17-18H,3-9H2,1-2H3. The second kappa shape index (κ2) is 10.2. The van der Waals surface area contributed by atoms with Crippen molar-refractivity contribution in [3.8, 4) is 0 Å². The van der Waals surface area contributed by atoms with Gasteiger partial charge in [0.05, 0.1) is 36.6 Å². The SMILES string of the molecule is CCCC(O)CNCC(O)COCCc1scnc1C. The molecule has 20 heavy (non-hydrogen) atoms. The Morgan fingerprint density at radius 2 is 2.10 bits per heavy atom. The Morgan fingerprint density at radius 1 is 1.35 bits per heavy atom. The number of ether oxygens (including phenoxy) is 1. The predicted molar refractivity (Wildman–Crippen MR) is 81.2 cm³/mol. The molecular weight excluding hydrogens is 276 g/mol. The first-order valence-corrected chi connectivity index (χ1v) is 8.05. The van der Waals surface area contributed by atoms with Crippen molar-refractivity contribution in [2.24, 2.45) is 0 Å². The van der Waals surface area contributed by atoms with Crippen LogP contribution in [0.5, 0.6) is 0 Å². The summed E-state index contributed by atoms with van der Waals surface area (Å²) < 4.78 is 5.46. The maximum atomic E-state index is 9.72. The van der Waals surface area contributed by atoms with E-state index >= 15 is 0 Å². The Bertz CT molecular complexity index is 360. The molecule has 2 atom stereocenters. The Labute approximate surface area is 125 Å². The first-order chi connectivity index (χ1) is 9.63.